The van der Waals surface area contributed by atoms with Gasteiger partial charge in [0.05, 0.1) is 6.42 Å². The van der Waals surface area contributed by atoms with Gasteiger partial charge in [0, 0.05) is 38.3 Å². The molecule has 0 spiro atoms. The molecular formula is C17H34N2O2. The highest BCUT2D eigenvalue weighted by molar-refractivity contribution is 5.66. The molecule has 1 aliphatic heterocycles. The summed E-state index contributed by atoms with van der Waals surface area (Å²) >= 11 is 0. The number of hydrogen-bond acceptors (Lipinski definition) is 3. The van der Waals surface area contributed by atoms with Crippen LogP contribution in [-0.4, -0.2) is 59.1 Å². The Hall–Kier alpha value is -0.610. The third kappa shape index (κ3) is 6.35. The van der Waals surface area contributed by atoms with E-state index in [1.807, 2.05) is 0 Å². The number of unbranched alkanes of at least 4 members (excludes halogenated alkanes) is 2. The van der Waals surface area contributed by atoms with Crippen molar-refractivity contribution in [3.63, 3.8) is 0 Å². The summed E-state index contributed by atoms with van der Waals surface area (Å²) in [5.41, 5.74) is 0.336. The molecular weight excluding hydrogens is 264 g/mol. The monoisotopic (exact) mass is 298 g/mol. The van der Waals surface area contributed by atoms with Gasteiger partial charge < -0.3 is 10.0 Å². The van der Waals surface area contributed by atoms with Gasteiger partial charge in [0.15, 0.2) is 0 Å². The predicted molar refractivity (Wildman–Crippen MR) is 87.7 cm³/mol. The highest BCUT2D eigenvalue weighted by atomic mass is 16.4. The SMILES string of the molecule is CCCCCC(C)(CCC)N1CCN(CCC(=O)O)CC1. The number of carboxylic acids is 1. The molecule has 1 heterocycles. The lowest BCUT2D eigenvalue weighted by molar-refractivity contribution is -0.137. The molecule has 0 aliphatic carbocycles. The Balaban J connectivity index is 2.44. The molecule has 1 saturated heterocycles. The highest BCUT2D eigenvalue weighted by Gasteiger charge is 2.32. The quantitative estimate of drug-likeness (QED) is 0.629. The van der Waals surface area contributed by atoms with Gasteiger partial charge in [-0.3, -0.25) is 9.69 Å². The summed E-state index contributed by atoms with van der Waals surface area (Å²) in [5.74, 6) is -0.687. The molecule has 0 aromatic rings. The van der Waals surface area contributed by atoms with Crippen molar-refractivity contribution in [3.8, 4) is 0 Å². The van der Waals surface area contributed by atoms with Crippen LogP contribution in [-0.2, 0) is 4.79 Å². The van der Waals surface area contributed by atoms with E-state index >= 15 is 0 Å². The summed E-state index contributed by atoms with van der Waals surface area (Å²) in [6, 6.07) is 0. The van der Waals surface area contributed by atoms with Crippen LogP contribution in [0.25, 0.3) is 0 Å². The third-order valence-electron chi connectivity index (χ3n) is 4.89. The van der Waals surface area contributed by atoms with E-state index in [2.05, 4.69) is 30.6 Å². The minimum absolute atomic E-state index is 0.267. The molecule has 1 unspecified atom stereocenters. The van der Waals surface area contributed by atoms with E-state index in [9.17, 15) is 4.79 Å². The average Bonchev–Trinajstić information content (AvgIpc) is 2.46. The van der Waals surface area contributed by atoms with Crippen LogP contribution in [0.1, 0.15) is 65.7 Å². The predicted octanol–water partition coefficient (Wildman–Crippen LogP) is 3.22. The number of nitrogens with zero attached hydrogens (tertiary/aromatic N) is 2. The van der Waals surface area contributed by atoms with Gasteiger partial charge in [-0.1, -0.05) is 39.5 Å². The smallest absolute Gasteiger partial charge is 0.304 e. The van der Waals surface area contributed by atoms with Gasteiger partial charge in [-0.05, 0) is 19.8 Å². The number of aliphatic carboxylic acids is 1. The minimum Gasteiger partial charge on any atom is -0.481 e. The van der Waals surface area contributed by atoms with Crippen molar-refractivity contribution in [3.05, 3.63) is 0 Å². The Bertz CT molecular complexity index is 301. The Kier molecular flexibility index (Phi) is 8.27. The first-order valence-electron chi connectivity index (χ1n) is 8.71. The summed E-state index contributed by atoms with van der Waals surface area (Å²) < 4.78 is 0. The van der Waals surface area contributed by atoms with Gasteiger partial charge >= 0.3 is 5.97 Å². The van der Waals surface area contributed by atoms with Crippen LogP contribution in [0.5, 0.6) is 0 Å². The van der Waals surface area contributed by atoms with Crippen molar-refractivity contribution < 1.29 is 9.90 Å². The molecule has 1 fully saturated rings. The first kappa shape index (κ1) is 18.4. The molecule has 0 aromatic heterocycles. The molecule has 1 aliphatic rings. The lowest BCUT2D eigenvalue weighted by atomic mass is 9.87. The second kappa shape index (κ2) is 9.42. The van der Waals surface area contributed by atoms with E-state index in [0.29, 0.717) is 12.1 Å². The van der Waals surface area contributed by atoms with E-state index in [4.69, 9.17) is 5.11 Å². The summed E-state index contributed by atoms with van der Waals surface area (Å²) in [6.45, 7) is 11.9. The van der Waals surface area contributed by atoms with Gasteiger partial charge in [0.2, 0.25) is 0 Å². The molecule has 0 aromatic carbocycles. The van der Waals surface area contributed by atoms with Crippen LogP contribution in [0, 0.1) is 0 Å². The topological polar surface area (TPSA) is 43.8 Å². The largest absolute Gasteiger partial charge is 0.481 e. The molecule has 0 bridgehead atoms. The number of carboxylic acid groups (broad SMARTS) is 1. The summed E-state index contributed by atoms with van der Waals surface area (Å²) in [5, 5.41) is 8.78. The van der Waals surface area contributed by atoms with Gasteiger partial charge in [-0.2, -0.15) is 0 Å². The van der Waals surface area contributed by atoms with Gasteiger partial charge in [0.25, 0.3) is 0 Å². The lowest BCUT2D eigenvalue weighted by Gasteiger charge is -2.46. The van der Waals surface area contributed by atoms with E-state index in [-0.39, 0.29) is 6.42 Å². The molecule has 1 rings (SSSR count). The normalized spacial score (nSPS) is 20.3. The highest BCUT2D eigenvalue weighted by Crippen LogP contribution is 2.29. The van der Waals surface area contributed by atoms with Crippen LogP contribution < -0.4 is 0 Å². The zero-order valence-corrected chi connectivity index (χ0v) is 14.2. The van der Waals surface area contributed by atoms with Crippen molar-refractivity contribution in [2.45, 2.75) is 71.3 Å². The summed E-state index contributed by atoms with van der Waals surface area (Å²) in [6.07, 6.45) is 8.01. The fourth-order valence-electron chi connectivity index (χ4n) is 3.50. The Morgan fingerprint density at radius 2 is 1.71 bits per heavy atom. The first-order chi connectivity index (χ1) is 10.0. The molecule has 124 valence electrons. The van der Waals surface area contributed by atoms with Crippen molar-refractivity contribution in [2.75, 3.05) is 32.7 Å². The van der Waals surface area contributed by atoms with E-state index in [0.717, 1.165) is 26.2 Å². The molecule has 4 heteroatoms. The van der Waals surface area contributed by atoms with Gasteiger partial charge in [-0.15, -0.1) is 0 Å². The second-order valence-electron chi connectivity index (χ2n) is 6.68. The van der Waals surface area contributed by atoms with E-state index < -0.39 is 5.97 Å². The number of piperazine rings is 1. The van der Waals surface area contributed by atoms with Crippen LogP contribution in [0.4, 0.5) is 0 Å². The van der Waals surface area contributed by atoms with Crippen LogP contribution >= 0.6 is 0 Å². The number of carbonyl (C=O) groups is 1. The standard InChI is InChI=1S/C17H34N2O2/c1-4-6-7-10-17(3,9-5-2)19-14-12-18(13-15-19)11-8-16(20)21/h4-15H2,1-3H3,(H,20,21). The average molecular weight is 298 g/mol. The summed E-state index contributed by atoms with van der Waals surface area (Å²) in [4.78, 5) is 15.6. The van der Waals surface area contributed by atoms with Crippen molar-refractivity contribution in [2.24, 2.45) is 0 Å². The summed E-state index contributed by atoms with van der Waals surface area (Å²) in [7, 11) is 0. The maximum atomic E-state index is 10.7. The van der Waals surface area contributed by atoms with Crippen LogP contribution in [0.2, 0.25) is 0 Å². The number of rotatable bonds is 10. The van der Waals surface area contributed by atoms with Crippen molar-refractivity contribution in [1.29, 1.82) is 0 Å². The molecule has 1 N–H and O–H groups in total. The lowest BCUT2D eigenvalue weighted by Crippen LogP contribution is -2.56. The molecule has 0 saturated carbocycles. The number of hydrogen-bond donors (Lipinski definition) is 1. The third-order valence-corrected chi connectivity index (χ3v) is 4.89. The fourth-order valence-corrected chi connectivity index (χ4v) is 3.50. The van der Waals surface area contributed by atoms with Gasteiger partial charge in [-0.25, -0.2) is 0 Å². The van der Waals surface area contributed by atoms with Crippen LogP contribution in [0.3, 0.4) is 0 Å². The fraction of sp³-hybridized carbons (Fsp3) is 0.941. The van der Waals surface area contributed by atoms with E-state index in [1.165, 1.54) is 38.5 Å². The van der Waals surface area contributed by atoms with Gasteiger partial charge in [0.1, 0.15) is 0 Å². The second-order valence-corrected chi connectivity index (χ2v) is 6.68. The molecule has 4 nitrogen and oxygen atoms in total. The molecule has 0 amide bonds. The Labute approximate surface area is 130 Å². The maximum absolute atomic E-state index is 10.7. The van der Waals surface area contributed by atoms with Crippen LogP contribution in [0.15, 0.2) is 0 Å². The van der Waals surface area contributed by atoms with E-state index in [1.54, 1.807) is 0 Å². The molecule has 21 heavy (non-hydrogen) atoms. The zero-order valence-electron chi connectivity index (χ0n) is 14.2. The van der Waals surface area contributed by atoms with Crippen molar-refractivity contribution >= 4 is 5.97 Å². The Morgan fingerprint density at radius 3 is 2.24 bits per heavy atom. The minimum atomic E-state index is -0.687. The maximum Gasteiger partial charge on any atom is 0.304 e. The zero-order chi connectivity index (χ0) is 15.7. The molecule has 1 atom stereocenters. The van der Waals surface area contributed by atoms with Crippen molar-refractivity contribution in [1.82, 2.24) is 9.80 Å². The first-order valence-corrected chi connectivity index (χ1v) is 8.71. The Morgan fingerprint density at radius 1 is 1.05 bits per heavy atom. The molecule has 0 radical (unpaired) electrons.